The number of amides is 2. The van der Waals surface area contributed by atoms with Gasteiger partial charge in [-0.2, -0.15) is 0 Å². The summed E-state index contributed by atoms with van der Waals surface area (Å²) in [6.45, 7) is 4.48. The van der Waals surface area contributed by atoms with Crippen molar-refractivity contribution in [2.45, 2.75) is 51.1 Å². The van der Waals surface area contributed by atoms with Crippen LogP contribution in [0, 0.1) is 5.41 Å². The third-order valence-corrected chi connectivity index (χ3v) is 5.67. The average Bonchev–Trinajstić information content (AvgIpc) is 3.40. The topological polar surface area (TPSA) is 95.9 Å². The molecule has 1 aliphatic carbocycles. The monoisotopic (exact) mass is 374 g/mol. The van der Waals surface area contributed by atoms with Crippen molar-refractivity contribution in [1.82, 2.24) is 10.2 Å². The fourth-order valence-corrected chi connectivity index (χ4v) is 3.75. The number of methoxy groups -OCH3 is 1. The summed E-state index contributed by atoms with van der Waals surface area (Å²) in [7, 11) is 1.33. The first-order valence-electron chi connectivity index (χ1n) is 9.18. The number of hydrogen-bond donors (Lipinski definition) is 2. The van der Waals surface area contributed by atoms with Crippen LogP contribution in [0.3, 0.4) is 0 Å². The highest BCUT2D eigenvalue weighted by atomic mass is 16.5. The van der Waals surface area contributed by atoms with Crippen molar-refractivity contribution in [1.29, 1.82) is 0 Å². The number of benzene rings is 1. The van der Waals surface area contributed by atoms with Crippen LogP contribution in [-0.4, -0.2) is 47.7 Å². The van der Waals surface area contributed by atoms with Gasteiger partial charge in [-0.1, -0.05) is 26.0 Å². The van der Waals surface area contributed by atoms with E-state index < -0.39 is 23.6 Å². The number of rotatable bonds is 4. The standard InChI is InChI=1S/C20H26N2O5/c1-19(2)10-11-22(18(25)26)15(12-19)16(23)21-20(8-9-20)14-6-4-13(5-7-14)17(24)27-3/h4-7,15H,8-12H2,1-3H3,(H,21,23)(H,25,26). The molecule has 1 heterocycles. The molecule has 2 N–H and O–H groups in total. The lowest BCUT2D eigenvalue weighted by molar-refractivity contribution is -0.129. The smallest absolute Gasteiger partial charge is 0.407 e. The first-order chi connectivity index (χ1) is 12.7. The maximum atomic E-state index is 13.0. The molecule has 7 heteroatoms. The summed E-state index contributed by atoms with van der Waals surface area (Å²) in [5.41, 5.74) is 0.819. The Hall–Kier alpha value is -2.57. The van der Waals surface area contributed by atoms with Gasteiger partial charge in [0.15, 0.2) is 0 Å². The van der Waals surface area contributed by atoms with Crippen molar-refractivity contribution in [3.63, 3.8) is 0 Å². The molecular weight excluding hydrogens is 348 g/mol. The summed E-state index contributed by atoms with van der Waals surface area (Å²) in [6, 6.07) is 6.32. The molecule has 2 fully saturated rings. The lowest BCUT2D eigenvalue weighted by atomic mass is 9.78. The molecule has 7 nitrogen and oxygen atoms in total. The van der Waals surface area contributed by atoms with Crippen molar-refractivity contribution in [3.8, 4) is 0 Å². The molecule has 2 amide bonds. The Morgan fingerprint density at radius 2 is 1.78 bits per heavy atom. The molecule has 1 saturated carbocycles. The number of piperidine rings is 1. The van der Waals surface area contributed by atoms with Gasteiger partial charge >= 0.3 is 12.1 Å². The zero-order valence-electron chi connectivity index (χ0n) is 15.9. The molecule has 2 aliphatic rings. The molecule has 1 aromatic carbocycles. The highest BCUT2D eigenvalue weighted by molar-refractivity contribution is 5.89. The number of hydrogen-bond acceptors (Lipinski definition) is 4. The zero-order valence-corrected chi connectivity index (χ0v) is 15.9. The summed E-state index contributed by atoms with van der Waals surface area (Å²) < 4.78 is 4.71. The zero-order chi connectivity index (χ0) is 19.8. The molecule has 1 aliphatic heterocycles. The molecule has 1 unspecified atom stereocenters. The van der Waals surface area contributed by atoms with Crippen LogP contribution in [0.15, 0.2) is 24.3 Å². The second-order valence-corrected chi connectivity index (χ2v) is 8.25. The number of ether oxygens (including phenoxy) is 1. The van der Waals surface area contributed by atoms with Crippen molar-refractivity contribution < 1.29 is 24.2 Å². The van der Waals surface area contributed by atoms with Crippen molar-refractivity contribution in [2.24, 2.45) is 5.41 Å². The Labute approximate surface area is 158 Å². The number of esters is 1. The number of nitrogens with one attached hydrogen (secondary N) is 1. The van der Waals surface area contributed by atoms with E-state index in [0.717, 1.165) is 24.8 Å². The van der Waals surface area contributed by atoms with Gasteiger partial charge in [-0.05, 0) is 48.8 Å². The summed E-state index contributed by atoms with van der Waals surface area (Å²) in [5.74, 6) is -0.656. The molecule has 27 heavy (non-hydrogen) atoms. The molecule has 1 atom stereocenters. The Kier molecular flexibility index (Phi) is 4.88. The third kappa shape index (κ3) is 3.91. The molecular formula is C20H26N2O5. The number of carbonyl (C=O) groups excluding carboxylic acids is 2. The van der Waals surface area contributed by atoms with Crippen molar-refractivity contribution >= 4 is 18.0 Å². The largest absolute Gasteiger partial charge is 0.465 e. The van der Waals surface area contributed by atoms with Gasteiger partial charge in [-0.3, -0.25) is 9.69 Å². The lowest BCUT2D eigenvalue weighted by Gasteiger charge is -2.41. The summed E-state index contributed by atoms with van der Waals surface area (Å²) in [5, 5.41) is 12.5. The van der Waals surface area contributed by atoms with E-state index in [0.29, 0.717) is 18.5 Å². The van der Waals surface area contributed by atoms with E-state index in [-0.39, 0.29) is 11.3 Å². The average molecular weight is 374 g/mol. The molecule has 0 aromatic heterocycles. The van der Waals surface area contributed by atoms with E-state index in [1.54, 1.807) is 12.1 Å². The van der Waals surface area contributed by atoms with Gasteiger partial charge < -0.3 is 15.2 Å². The summed E-state index contributed by atoms with van der Waals surface area (Å²) in [6.07, 6.45) is 1.77. The first kappa shape index (κ1) is 19.2. The SMILES string of the molecule is COC(=O)c1ccc(C2(NC(=O)C3CC(C)(C)CCN3C(=O)O)CC2)cc1. The van der Waals surface area contributed by atoms with Crippen LogP contribution in [0.5, 0.6) is 0 Å². The molecule has 0 bridgehead atoms. The van der Waals surface area contributed by atoms with Crippen LogP contribution in [0.25, 0.3) is 0 Å². The molecule has 1 saturated heterocycles. The van der Waals surface area contributed by atoms with Crippen LogP contribution in [0.4, 0.5) is 4.79 Å². The van der Waals surface area contributed by atoms with Crippen LogP contribution >= 0.6 is 0 Å². The van der Waals surface area contributed by atoms with Crippen molar-refractivity contribution in [3.05, 3.63) is 35.4 Å². The number of nitrogens with zero attached hydrogens (tertiary/aromatic N) is 1. The van der Waals surface area contributed by atoms with Gasteiger partial charge in [0, 0.05) is 6.54 Å². The maximum absolute atomic E-state index is 13.0. The first-order valence-corrected chi connectivity index (χ1v) is 9.18. The Morgan fingerprint density at radius 3 is 2.30 bits per heavy atom. The van der Waals surface area contributed by atoms with Crippen LogP contribution in [0.2, 0.25) is 0 Å². The maximum Gasteiger partial charge on any atom is 0.407 e. The van der Waals surface area contributed by atoms with Gasteiger partial charge in [-0.25, -0.2) is 9.59 Å². The van der Waals surface area contributed by atoms with Gasteiger partial charge in [0.25, 0.3) is 0 Å². The second-order valence-electron chi connectivity index (χ2n) is 8.25. The second kappa shape index (κ2) is 6.87. The fourth-order valence-electron chi connectivity index (χ4n) is 3.75. The molecule has 0 radical (unpaired) electrons. The van der Waals surface area contributed by atoms with E-state index in [1.165, 1.54) is 12.0 Å². The molecule has 0 spiro atoms. The highest BCUT2D eigenvalue weighted by Gasteiger charge is 2.48. The van der Waals surface area contributed by atoms with Crippen LogP contribution in [-0.2, 0) is 15.1 Å². The number of carbonyl (C=O) groups is 3. The van der Waals surface area contributed by atoms with E-state index in [9.17, 15) is 19.5 Å². The van der Waals surface area contributed by atoms with E-state index in [2.05, 4.69) is 19.2 Å². The summed E-state index contributed by atoms with van der Waals surface area (Å²) >= 11 is 0. The fraction of sp³-hybridized carbons (Fsp3) is 0.550. The summed E-state index contributed by atoms with van der Waals surface area (Å²) in [4.78, 5) is 37.4. The highest BCUT2D eigenvalue weighted by Crippen LogP contribution is 2.46. The molecule has 146 valence electrons. The minimum Gasteiger partial charge on any atom is -0.465 e. The Bertz CT molecular complexity index is 752. The normalized spacial score (nSPS) is 22.6. The van der Waals surface area contributed by atoms with Crippen molar-refractivity contribution in [2.75, 3.05) is 13.7 Å². The van der Waals surface area contributed by atoms with Gasteiger partial charge in [0.2, 0.25) is 5.91 Å². The van der Waals surface area contributed by atoms with Crippen LogP contribution in [0.1, 0.15) is 55.5 Å². The predicted molar refractivity (Wildman–Crippen MR) is 98.4 cm³/mol. The number of carboxylic acid groups (broad SMARTS) is 1. The van der Waals surface area contributed by atoms with Gasteiger partial charge in [0.05, 0.1) is 18.2 Å². The van der Waals surface area contributed by atoms with E-state index >= 15 is 0 Å². The Morgan fingerprint density at radius 1 is 1.15 bits per heavy atom. The lowest BCUT2D eigenvalue weighted by Crippen LogP contribution is -2.56. The van der Waals surface area contributed by atoms with E-state index in [4.69, 9.17) is 4.74 Å². The van der Waals surface area contributed by atoms with Gasteiger partial charge in [-0.15, -0.1) is 0 Å². The van der Waals surface area contributed by atoms with Gasteiger partial charge in [0.1, 0.15) is 6.04 Å². The molecule has 1 aromatic rings. The van der Waals surface area contributed by atoms with E-state index in [1.807, 2.05) is 12.1 Å². The Balaban J connectivity index is 1.76. The minimum absolute atomic E-state index is 0.0766. The number of likely N-dealkylation sites (tertiary alicyclic amines) is 1. The van der Waals surface area contributed by atoms with Crippen LogP contribution < -0.4 is 5.32 Å². The third-order valence-electron chi connectivity index (χ3n) is 5.67. The quantitative estimate of drug-likeness (QED) is 0.790. The molecule has 3 rings (SSSR count). The minimum atomic E-state index is -1.06. The predicted octanol–water partition coefficient (Wildman–Crippen LogP) is 2.75.